The molecule has 0 radical (unpaired) electrons. The summed E-state index contributed by atoms with van der Waals surface area (Å²) >= 11 is 0. The van der Waals surface area contributed by atoms with Crippen molar-refractivity contribution in [3.8, 4) is 0 Å². The molecule has 1 aromatic rings. The topological polar surface area (TPSA) is 70.7 Å². The van der Waals surface area contributed by atoms with E-state index in [0.717, 1.165) is 30.5 Å². The molecule has 6 nitrogen and oxygen atoms in total. The van der Waals surface area contributed by atoms with Crippen LogP contribution in [0.3, 0.4) is 0 Å². The number of nitrogens with zero attached hydrogens (tertiary/aromatic N) is 1. The van der Waals surface area contributed by atoms with Crippen molar-refractivity contribution in [2.75, 3.05) is 20.2 Å². The molecule has 1 aromatic carbocycles. The summed E-state index contributed by atoms with van der Waals surface area (Å²) in [6.07, 6.45) is 3.49. The third-order valence-electron chi connectivity index (χ3n) is 5.36. The van der Waals surface area contributed by atoms with Gasteiger partial charge in [-0.2, -0.15) is 0 Å². The molecule has 140 valence electrons. The zero-order chi connectivity index (χ0) is 18.7. The molecule has 0 spiro atoms. The number of likely N-dealkylation sites (tertiary alicyclic amines) is 1. The molecule has 2 atom stereocenters. The van der Waals surface area contributed by atoms with E-state index in [1.54, 1.807) is 0 Å². The molecule has 0 saturated carbocycles. The second-order valence-corrected chi connectivity index (χ2v) is 7.09. The average Bonchev–Trinajstić information content (AvgIpc) is 2.63. The van der Waals surface area contributed by atoms with E-state index in [-0.39, 0.29) is 6.03 Å². The maximum atomic E-state index is 12.6. The number of methoxy groups -OCH3 is 1. The zero-order valence-corrected chi connectivity index (χ0v) is 15.7. The van der Waals surface area contributed by atoms with E-state index in [4.69, 9.17) is 4.74 Å². The zero-order valence-electron chi connectivity index (χ0n) is 15.7. The summed E-state index contributed by atoms with van der Waals surface area (Å²) < 4.78 is 5.06. The molecule has 2 amide bonds. The first-order chi connectivity index (χ1) is 12.5. The van der Waals surface area contributed by atoms with E-state index in [1.165, 1.54) is 13.5 Å². The molecule has 0 aromatic heterocycles. The standard InChI is InChI=1S/C20H27N3O3/c1-13-8-4-5-10-15(13)18-17(19(24)26-3)16(21-20(25)22-18)12-23-11-7-6-9-14(23)2/h4-5,8,10,14,18H,6-7,9,11-12H2,1-3H3,(H2,21,22,25)/t14-,18-/m1/s1. The van der Waals surface area contributed by atoms with Gasteiger partial charge < -0.3 is 15.4 Å². The van der Waals surface area contributed by atoms with E-state index >= 15 is 0 Å². The first kappa shape index (κ1) is 18.5. The first-order valence-electron chi connectivity index (χ1n) is 9.19. The van der Waals surface area contributed by atoms with Gasteiger partial charge in [-0.1, -0.05) is 30.7 Å². The van der Waals surface area contributed by atoms with E-state index in [2.05, 4.69) is 22.5 Å². The highest BCUT2D eigenvalue weighted by Crippen LogP contribution is 2.30. The molecular formula is C20H27N3O3. The number of aryl methyl sites for hydroxylation is 1. The van der Waals surface area contributed by atoms with Gasteiger partial charge in [0.25, 0.3) is 0 Å². The summed E-state index contributed by atoms with van der Waals surface area (Å²) in [5.74, 6) is -0.412. The highest BCUT2D eigenvalue weighted by Gasteiger charge is 2.35. The van der Waals surface area contributed by atoms with Gasteiger partial charge in [0.05, 0.1) is 18.7 Å². The predicted octanol–water partition coefficient (Wildman–Crippen LogP) is 2.65. The van der Waals surface area contributed by atoms with Gasteiger partial charge in [0, 0.05) is 18.3 Å². The van der Waals surface area contributed by atoms with Crippen LogP contribution in [0.1, 0.15) is 43.4 Å². The van der Waals surface area contributed by atoms with Crippen LogP contribution in [0.15, 0.2) is 35.5 Å². The monoisotopic (exact) mass is 357 g/mol. The molecule has 3 rings (SSSR count). The molecule has 0 aliphatic carbocycles. The SMILES string of the molecule is COC(=O)C1=C(CN2CCCC[C@H]2C)NC(=O)N[C@@H]1c1ccccc1C. The maximum absolute atomic E-state index is 12.6. The van der Waals surface area contributed by atoms with Crippen molar-refractivity contribution in [2.24, 2.45) is 0 Å². The van der Waals surface area contributed by atoms with Crippen LogP contribution in [-0.2, 0) is 9.53 Å². The summed E-state index contributed by atoms with van der Waals surface area (Å²) in [5.41, 5.74) is 3.06. The normalized spacial score (nSPS) is 24.0. The Labute approximate surface area is 154 Å². The molecule has 0 unspecified atom stereocenters. The molecule has 2 aliphatic heterocycles. The fourth-order valence-corrected chi connectivity index (χ4v) is 3.83. The summed E-state index contributed by atoms with van der Waals surface area (Å²) in [6.45, 7) is 5.68. The maximum Gasteiger partial charge on any atom is 0.338 e. The number of nitrogens with one attached hydrogen (secondary N) is 2. The van der Waals surface area contributed by atoms with Crippen molar-refractivity contribution >= 4 is 12.0 Å². The fraction of sp³-hybridized carbons (Fsp3) is 0.500. The summed E-state index contributed by atoms with van der Waals surface area (Å²) in [5, 5.41) is 5.75. The van der Waals surface area contributed by atoms with Crippen molar-refractivity contribution in [3.63, 3.8) is 0 Å². The van der Waals surface area contributed by atoms with Crippen molar-refractivity contribution < 1.29 is 14.3 Å². The van der Waals surface area contributed by atoms with Crippen LogP contribution in [0.5, 0.6) is 0 Å². The summed E-state index contributed by atoms with van der Waals surface area (Å²) in [7, 11) is 1.38. The fourth-order valence-electron chi connectivity index (χ4n) is 3.83. The lowest BCUT2D eigenvalue weighted by atomic mass is 9.91. The molecule has 26 heavy (non-hydrogen) atoms. The van der Waals surface area contributed by atoms with Crippen LogP contribution in [0, 0.1) is 6.92 Å². The average molecular weight is 357 g/mol. The Morgan fingerprint density at radius 2 is 2.08 bits per heavy atom. The Hall–Kier alpha value is -2.34. The number of hydrogen-bond acceptors (Lipinski definition) is 4. The Morgan fingerprint density at radius 1 is 1.31 bits per heavy atom. The highest BCUT2D eigenvalue weighted by atomic mass is 16.5. The van der Waals surface area contributed by atoms with Gasteiger partial charge in [-0.15, -0.1) is 0 Å². The minimum atomic E-state index is -0.507. The van der Waals surface area contributed by atoms with E-state index in [0.29, 0.717) is 23.9 Å². The predicted molar refractivity (Wildman–Crippen MR) is 99.5 cm³/mol. The van der Waals surface area contributed by atoms with Gasteiger partial charge in [-0.05, 0) is 44.4 Å². The van der Waals surface area contributed by atoms with Gasteiger partial charge in [-0.25, -0.2) is 9.59 Å². The summed E-state index contributed by atoms with van der Waals surface area (Å²) in [6, 6.07) is 7.41. The molecule has 2 heterocycles. The molecule has 6 heteroatoms. The third kappa shape index (κ3) is 3.75. The minimum Gasteiger partial charge on any atom is -0.466 e. The molecule has 2 aliphatic rings. The van der Waals surface area contributed by atoms with Gasteiger partial charge in [0.15, 0.2) is 0 Å². The molecule has 2 N–H and O–H groups in total. The largest absolute Gasteiger partial charge is 0.466 e. The van der Waals surface area contributed by atoms with Crippen LogP contribution < -0.4 is 10.6 Å². The number of amides is 2. The Bertz CT molecular complexity index is 729. The molecule has 1 fully saturated rings. The number of urea groups is 1. The lowest BCUT2D eigenvalue weighted by molar-refractivity contribution is -0.136. The first-order valence-corrected chi connectivity index (χ1v) is 9.19. The number of carbonyl (C=O) groups is 2. The molecule has 1 saturated heterocycles. The summed E-state index contributed by atoms with van der Waals surface area (Å²) in [4.78, 5) is 27.3. The van der Waals surface area contributed by atoms with Crippen LogP contribution in [0.25, 0.3) is 0 Å². The Kier molecular flexibility index (Phi) is 5.61. The van der Waals surface area contributed by atoms with Crippen molar-refractivity contribution in [3.05, 3.63) is 46.7 Å². The lowest BCUT2D eigenvalue weighted by Gasteiger charge is -2.37. The smallest absolute Gasteiger partial charge is 0.338 e. The van der Waals surface area contributed by atoms with Gasteiger partial charge in [-0.3, -0.25) is 4.90 Å². The molecular weight excluding hydrogens is 330 g/mol. The number of carbonyl (C=O) groups excluding carboxylic acids is 2. The van der Waals surface area contributed by atoms with Gasteiger partial charge in [0.2, 0.25) is 0 Å². The Morgan fingerprint density at radius 3 is 2.77 bits per heavy atom. The van der Waals surface area contributed by atoms with Gasteiger partial charge >= 0.3 is 12.0 Å². The van der Waals surface area contributed by atoms with Gasteiger partial charge in [0.1, 0.15) is 0 Å². The van der Waals surface area contributed by atoms with E-state index in [9.17, 15) is 9.59 Å². The Balaban J connectivity index is 2.01. The van der Waals surface area contributed by atoms with Crippen molar-refractivity contribution in [1.29, 1.82) is 0 Å². The number of hydrogen-bond donors (Lipinski definition) is 2. The van der Waals surface area contributed by atoms with Crippen LogP contribution in [0.4, 0.5) is 4.79 Å². The van der Waals surface area contributed by atoms with Crippen molar-refractivity contribution in [1.82, 2.24) is 15.5 Å². The van der Waals surface area contributed by atoms with Crippen LogP contribution in [-0.4, -0.2) is 43.1 Å². The lowest BCUT2D eigenvalue weighted by Crippen LogP contribution is -2.50. The highest BCUT2D eigenvalue weighted by molar-refractivity contribution is 5.95. The minimum absolute atomic E-state index is 0.287. The third-order valence-corrected chi connectivity index (χ3v) is 5.36. The van der Waals surface area contributed by atoms with Crippen LogP contribution >= 0.6 is 0 Å². The molecule has 0 bridgehead atoms. The van der Waals surface area contributed by atoms with E-state index < -0.39 is 12.0 Å². The number of ether oxygens (including phenoxy) is 1. The quantitative estimate of drug-likeness (QED) is 0.813. The number of benzene rings is 1. The second kappa shape index (κ2) is 7.91. The number of piperidine rings is 1. The van der Waals surface area contributed by atoms with Crippen LogP contribution in [0.2, 0.25) is 0 Å². The van der Waals surface area contributed by atoms with E-state index in [1.807, 2.05) is 31.2 Å². The second-order valence-electron chi connectivity index (χ2n) is 7.09. The number of esters is 1. The van der Waals surface area contributed by atoms with Crippen molar-refractivity contribution in [2.45, 2.75) is 45.2 Å². The number of rotatable bonds is 4.